The predicted octanol–water partition coefficient (Wildman–Crippen LogP) is 13.5. The van der Waals surface area contributed by atoms with Crippen molar-refractivity contribution < 1.29 is 4.42 Å². The molecule has 0 aliphatic heterocycles. The highest BCUT2D eigenvalue weighted by Crippen LogP contribution is 2.36. The van der Waals surface area contributed by atoms with Gasteiger partial charge in [-0.25, -0.2) is 19.9 Å². The summed E-state index contributed by atoms with van der Waals surface area (Å²) in [5, 5.41) is 6.97. The summed E-state index contributed by atoms with van der Waals surface area (Å²) in [5.41, 5.74) is 11.3. The molecule has 0 N–H and O–H groups in total. The van der Waals surface area contributed by atoms with Gasteiger partial charge in [0.25, 0.3) is 0 Å². The second-order valence-corrected chi connectivity index (χ2v) is 14.3. The average Bonchev–Trinajstić information content (AvgIpc) is 3.67. The van der Waals surface area contributed by atoms with Crippen molar-refractivity contribution in [2.45, 2.75) is 0 Å². The van der Waals surface area contributed by atoms with Crippen LogP contribution in [-0.4, -0.2) is 19.9 Å². The maximum Gasteiger partial charge on any atom is 0.227 e. The maximum absolute atomic E-state index is 5.96. The second kappa shape index (κ2) is 13.5. The number of rotatable bonds is 6. The third-order valence-electron chi connectivity index (χ3n) is 10.8. The summed E-state index contributed by atoms with van der Waals surface area (Å²) in [4.78, 5) is 19.3. The number of aromatic nitrogens is 4. The van der Waals surface area contributed by atoms with Gasteiger partial charge in [0.15, 0.2) is 17.5 Å². The highest BCUT2D eigenvalue weighted by Gasteiger charge is 2.14. The molecule has 0 atom stereocenters. The van der Waals surface area contributed by atoms with Gasteiger partial charge in [-0.15, -0.1) is 0 Å². The van der Waals surface area contributed by atoms with Gasteiger partial charge in [-0.1, -0.05) is 152 Å². The van der Waals surface area contributed by atoms with E-state index in [-0.39, 0.29) is 0 Å². The van der Waals surface area contributed by atoms with Crippen LogP contribution in [0.5, 0.6) is 0 Å². The lowest BCUT2D eigenvalue weighted by Gasteiger charge is -2.11. The van der Waals surface area contributed by atoms with Crippen LogP contribution < -0.4 is 0 Å². The Bertz CT molecular complexity index is 3270. The smallest absolute Gasteiger partial charge is 0.227 e. The summed E-state index contributed by atoms with van der Waals surface area (Å²) in [7, 11) is 0. The second-order valence-electron chi connectivity index (χ2n) is 14.3. The summed E-state index contributed by atoms with van der Waals surface area (Å²) in [6.07, 6.45) is 1.76. The van der Waals surface area contributed by atoms with Crippen LogP contribution in [0.1, 0.15) is 0 Å². The Kier molecular flexibility index (Phi) is 7.74. The van der Waals surface area contributed by atoms with Gasteiger partial charge in [0.2, 0.25) is 5.71 Å². The lowest BCUT2D eigenvalue weighted by Crippen LogP contribution is -2.00. The number of nitrogens with zero attached hydrogens (tertiary/aromatic N) is 4. The summed E-state index contributed by atoms with van der Waals surface area (Å²) < 4.78 is 5.96. The Hall–Kier alpha value is -7.76. The van der Waals surface area contributed by atoms with Crippen molar-refractivity contribution in [1.29, 1.82) is 0 Å². The van der Waals surface area contributed by atoms with Crippen molar-refractivity contribution in [3.63, 3.8) is 0 Å². The quantitative estimate of drug-likeness (QED) is 0.160. The predicted molar refractivity (Wildman–Crippen MR) is 233 cm³/mol. The summed E-state index contributed by atoms with van der Waals surface area (Å²) in [6, 6.07) is 65.7. The third-order valence-corrected chi connectivity index (χ3v) is 10.8. The molecule has 5 heteroatoms. The van der Waals surface area contributed by atoms with Crippen molar-refractivity contribution >= 4 is 43.6 Å². The van der Waals surface area contributed by atoms with Crippen LogP contribution in [0.15, 0.2) is 199 Å². The molecule has 0 unspecified atom stereocenters. The molecule has 57 heavy (non-hydrogen) atoms. The molecule has 0 radical (unpaired) electrons. The van der Waals surface area contributed by atoms with Crippen molar-refractivity contribution in [1.82, 2.24) is 19.9 Å². The minimum absolute atomic E-state index is 0.636. The molecular formula is C52H32N4O. The van der Waals surface area contributed by atoms with Crippen LogP contribution in [0.3, 0.4) is 0 Å². The molecule has 0 aliphatic carbocycles. The van der Waals surface area contributed by atoms with Crippen molar-refractivity contribution in [3.05, 3.63) is 194 Å². The van der Waals surface area contributed by atoms with Gasteiger partial charge in [-0.2, -0.15) is 0 Å². The molecule has 0 fully saturated rings. The molecule has 0 saturated carbocycles. The number of benzene rings is 8. The number of pyridine rings is 1. The Morgan fingerprint density at radius 1 is 0.298 bits per heavy atom. The Morgan fingerprint density at radius 3 is 1.33 bits per heavy atom. The normalized spacial score (nSPS) is 11.5. The zero-order valence-corrected chi connectivity index (χ0v) is 30.7. The molecule has 3 aromatic heterocycles. The first-order chi connectivity index (χ1) is 28.2. The van der Waals surface area contributed by atoms with Gasteiger partial charge in [-0.3, -0.25) is 0 Å². The van der Waals surface area contributed by atoms with E-state index in [4.69, 9.17) is 19.4 Å². The van der Waals surface area contributed by atoms with Gasteiger partial charge < -0.3 is 4.42 Å². The molecule has 266 valence electrons. The molecule has 5 nitrogen and oxygen atoms in total. The highest BCUT2D eigenvalue weighted by atomic mass is 16.3. The molecule has 0 amide bonds. The van der Waals surface area contributed by atoms with Crippen LogP contribution >= 0.6 is 0 Å². The molecular weight excluding hydrogens is 697 g/mol. The fourth-order valence-electron chi connectivity index (χ4n) is 7.83. The van der Waals surface area contributed by atoms with E-state index >= 15 is 0 Å². The van der Waals surface area contributed by atoms with Crippen LogP contribution in [0.2, 0.25) is 0 Å². The number of hydrogen-bond acceptors (Lipinski definition) is 5. The van der Waals surface area contributed by atoms with Crippen LogP contribution in [0.25, 0.3) is 111 Å². The van der Waals surface area contributed by atoms with Crippen molar-refractivity contribution in [2.24, 2.45) is 0 Å². The monoisotopic (exact) mass is 728 g/mol. The summed E-state index contributed by atoms with van der Waals surface area (Å²) >= 11 is 0. The standard InChI is InChI=1S/C52H32N4O/c1-3-8-33(9-4-1)34-13-17-37(18-14-34)50-54-49(36-10-5-2-6-11-36)55-51(56-50)38-19-15-35(16-20-38)39-23-26-44-42(30-39)21-22-43-31-40(24-27-45(43)44)41-25-28-48-47(32-41)46-12-7-29-53-52(46)57-48/h1-32H. The van der Waals surface area contributed by atoms with Crippen molar-refractivity contribution in [2.75, 3.05) is 0 Å². The lowest BCUT2D eigenvalue weighted by atomic mass is 9.94. The van der Waals surface area contributed by atoms with E-state index in [1.54, 1.807) is 6.20 Å². The first kappa shape index (κ1) is 32.7. The van der Waals surface area contributed by atoms with E-state index in [2.05, 4.69) is 145 Å². The van der Waals surface area contributed by atoms with Crippen LogP contribution in [0.4, 0.5) is 0 Å². The minimum Gasteiger partial charge on any atom is -0.438 e. The van der Waals surface area contributed by atoms with Gasteiger partial charge >= 0.3 is 0 Å². The fourth-order valence-corrected chi connectivity index (χ4v) is 7.83. The number of fused-ring (bicyclic) bond motifs is 6. The highest BCUT2D eigenvalue weighted by molar-refractivity contribution is 6.10. The van der Waals surface area contributed by atoms with Gasteiger partial charge in [0, 0.05) is 33.7 Å². The third kappa shape index (κ3) is 5.99. The van der Waals surface area contributed by atoms with Gasteiger partial charge in [0.1, 0.15) is 5.58 Å². The zero-order valence-electron chi connectivity index (χ0n) is 30.7. The molecule has 11 aromatic rings. The first-order valence-corrected chi connectivity index (χ1v) is 19.0. The average molecular weight is 729 g/mol. The molecule has 8 aromatic carbocycles. The van der Waals surface area contributed by atoms with Gasteiger partial charge in [-0.05, 0) is 91.3 Å². The summed E-state index contributed by atoms with van der Waals surface area (Å²) in [6.45, 7) is 0. The Labute approximate surface area is 328 Å². The number of furan rings is 1. The molecule has 0 aliphatic rings. The molecule has 0 saturated heterocycles. The largest absolute Gasteiger partial charge is 0.438 e. The Balaban J connectivity index is 0.903. The minimum atomic E-state index is 0.636. The van der Waals surface area contributed by atoms with E-state index < -0.39 is 0 Å². The van der Waals surface area contributed by atoms with Crippen molar-refractivity contribution in [3.8, 4) is 67.5 Å². The van der Waals surface area contributed by atoms with Crippen LogP contribution in [-0.2, 0) is 0 Å². The zero-order chi connectivity index (χ0) is 37.7. The lowest BCUT2D eigenvalue weighted by molar-refractivity contribution is 0.654. The number of hydrogen-bond donors (Lipinski definition) is 0. The molecule has 11 rings (SSSR count). The van der Waals surface area contributed by atoms with E-state index in [0.29, 0.717) is 23.2 Å². The van der Waals surface area contributed by atoms with Gasteiger partial charge in [0.05, 0.1) is 0 Å². The topological polar surface area (TPSA) is 64.7 Å². The SMILES string of the molecule is c1ccc(-c2ccc(-c3nc(-c4ccccc4)nc(-c4ccc(-c5ccc6c(ccc7cc(-c8ccc9oc%10ncccc%10c9c8)ccc76)c5)cc4)n3)cc2)cc1. The maximum atomic E-state index is 5.96. The van der Waals surface area contributed by atoms with E-state index in [0.717, 1.165) is 55.3 Å². The molecule has 3 heterocycles. The summed E-state index contributed by atoms with van der Waals surface area (Å²) in [5.74, 6) is 1.92. The first-order valence-electron chi connectivity index (χ1n) is 19.0. The van der Waals surface area contributed by atoms with E-state index in [1.165, 1.54) is 32.7 Å². The molecule has 0 bridgehead atoms. The van der Waals surface area contributed by atoms with E-state index in [9.17, 15) is 0 Å². The Morgan fingerprint density at radius 2 is 0.737 bits per heavy atom. The van der Waals surface area contributed by atoms with Crippen LogP contribution in [0, 0.1) is 0 Å². The fraction of sp³-hybridized carbons (Fsp3) is 0. The molecule has 0 spiro atoms. The van der Waals surface area contributed by atoms with E-state index in [1.807, 2.05) is 48.5 Å².